The summed E-state index contributed by atoms with van der Waals surface area (Å²) in [5, 5.41) is 8.93. The molecule has 1 rings (SSSR count). The zero-order valence-electron chi connectivity index (χ0n) is 11.8. The van der Waals surface area contributed by atoms with Gasteiger partial charge in [0.25, 0.3) is 0 Å². The molecule has 20 heavy (non-hydrogen) atoms. The molecule has 0 saturated heterocycles. The van der Waals surface area contributed by atoms with E-state index in [9.17, 15) is 4.79 Å². The Morgan fingerprint density at radius 2 is 1.90 bits per heavy atom. The van der Waals surface area contributed by atoms with E-state index >= 15 is 0 Å². The number of carboxylic acid groups (broad SMARTS) is 1. The third-order valence-electron chi connectivity index (χ3n) is 2.53. The summed E-state index contributed by atoms with van der Waals surface area (Å²) < 4.78 is 20.8. The molecular weight excluding hydrogens is 264 g/mol. The Labute approximate surface area is 118 Å². The first-order valence-electron chi connectivity index (χ1n) is 6.30. The smallest absolute Gasteiger partial charge is 0.335 e. The number of aromatic carboxylic acids is 1. The minimum atomic E-state index is -1.01. The van der Waals surface area contributed by atoms with Gasteiger partial charge >= 0.3 is 5.97 Å². The SMILES string of the molecule is COCCCOCCOc1cc(C(=O)O)ccc1OC. The molecular formula is C14H20O6. The fraction of sp³-hybridized carbons (Fsp3) is 0.500. The molecule has 0 bridgehead atoms. The molecule has 0 aromatic heterocycles. The predicted molar refractivity (Wildman–Crippen MR) is 72.8 cm³/mol. The van der Waals surface area contributed by atoms with Gasteiger partial charge in [0.05, 0.1) is 19.3 Å². The van der Waals surface area contributed by atoms with Crippen LogP contribution in [0.1, 0.15) is 16.8 Å². The van der Waals surface area contributed by atoms with Gasteiger partial charge < -0.3 is 24.1 Å². The summed E-state index contributed by atoms with van der Waals surface area (Å²) in [5.41, 5.74) is 0.154. The number of ether oxygens (including phenoxy) is 4. The number of benzene rings is 1. The number of hydrogen-bond donors (Lipinski definition) is 1. The largest absolute Gasteiger partial charge is 0.493 e. The lowest BCUT2D eigenvalue weighted by atomic mass is 10.2. The normalized spacial score (nSPS) is 10.3. The molecule has 0 atom stereocenters. The van der Waals surface area contributed by atoms with E-state index in [1.54, 1.807) is 13.2 Å². The zero-order chi connectivity index (χ0) is 14.8. The number of carboxylic acids is 1. The van der Waals surface area contributed by atoms with Gasteiger partial charge in [-0.05, 0) is 24.6 Å². The minimum absolute atomic E-state index is 0.154. The molecule has 1 N–H and O–H groups in total. The van der Waals surface area contributed by atoms with Crippen molar-refractivity contribution in [1.82, 2.24) is 0 Å². The van der Waals surface area contributed by atoms with Crippen molar-refractivity contribution in [2.24, 2.45) is 0 Å². The second kappa shape index (κ2) is 9.17. The molecule has 0 spiro atoms. The van der Waals surface area contributed by atoms with Gasteiger partial charge in [-0.3, -0.25) is 0 Å². The van der Waals surface area contributed by atoms with E-state index in [1.165, 1.54) is 19.2 Å². The summed E-state index contributed by atoms with van der Waals surface area (Å²) in [4.78, 5) is 10.9. The Hall–Kier alpha value is -1.79. The van der Waals surface area contributed by atoms with Gasteiger partial charge in [-0.1, -0.05) is 0 Å². The van der Waals surface area contributed by atoms with E-state index in [1.807, 2.05) is 0 Å². The third kappa shape index (κ3) is 5.46. The van der Waals surface area contributed by atoms with E-state index in [4.69, 9.17) is 24.1 Å². The van der Waals surface area contributed by atoms with Crippen LogP contribution in [0.15, 0.2) is 18.2 Å². The number of hydrogen-bond acceptors (Lipinski definition) is 5. The fourth-order valence-corrected chi connectivity index (χ4v) is 1.54. The first-order valence-corrected chi connectivity index (χ1v) is 6.30. The summed E-state index contributed by atoms with van der Waals surface area (Å²) >= 11 is 0. The van der Waals surface area contributed by atoms with Crippen LogP contribution >= 0.6 is 0 Å². The molecule has 0 fully saturated rings. The quantitative estimate of drug-likeness (QED) is 0.661. The summed E-state index contributed by atoms with van der Waals surface area (Å²) in [7, 11) is 3.15. The van der Waals surface area contributed by atoms with Crippen LogP contribution in [0, 0.1) is 0 Å². The summed E-state index contributed by atoms with van der Waals surface area (Å²) in [6, 6.07) is 4.47. The second-order valence-corrected chi connectivity index (χ2v) is 3.98. The molecule has 1 aromatic rings. The van der Waals surface area contributed by atoms with E-state index in [0.29, 0.717) is 37.9 Å². The number of carbonyl (C=O) groups is 1. The van der Waals surface area contributed by atoms with Crippen molar-refractivity contribution in [1.29, 1.82) is 0 Å². The minimum Gasteiger partial charge on any atom is -0.493 e. The first kappa shape index (κ1) is 16.3. The highest BCUT2D eigenvalue weighted by Gasteiger charge is 2.09. The summed E-state index contributed by atoms with van der Waals surface area (Å²) in [6.45, 7) is 2.01. The van der Waals surface area contributed by atoms with E-state index in [0.717, 1.165) is 6.42 Å². The van der Waals surface area contributed by atoms with E-state index in [-0.39, 0.29) is 5.56 Å². The van der Waals surface area contributed by atoms with Crippen LogP contribution in [0.2, 0.25) is 0 Å². The maximum Gasteiger partial charge on any atom is 0.335 e. The van der Waals surface area contributed by atoms with E-state index in [2.05, 4.69) is 0 Å². The summed E-state index contributed by atoms with van der Waals surface area (Å²) in [6.07, 6.45) is 0.828. The average Bonchev–Trinajstić information content (AvgIpc) is 2.46. The van der Waals surface area contributed by atoms with Crippen LogP contribution in [-0.2, 0) is 9.47 Å². The van der Waals surface area contributed by atoms with Crippen LogP contribution in [0.25, 0.3) is 0 Å². The van der Waals surface area contributed by atoms with Crippen molar-refractivity contribution < 1.29 is 28.8 Å². The maximum absolute atomic E-state index is 10.9. The Bertz CT molecular complexity index is 418. The predicted octanol–water partition coefficient (Wildman–Crippen LogP) is 1.83. The highest BCUT2D eigenvalue weighted by Crippen LogP contribution is 2.27. The standard InChI is InChI=1S/C14H20O6/c1-17-6-3-7-19-8-9-20-13-10-11(14(15)16)4-5-12(13)18-2/h4-5,10H,3,6-9H2,1-2H3,(H,15,16). The van der Waals surface area contributed by atoms with Crippen molar-refractivity contribution >= 4 is 5.97 Å². The molecule has 6 nitrogen and oxygen atoms in total. The Kier molecular flexibility index (Phi) is 7.46. The van der Waals surface area contributed by atoms with Gasteiger partial charge in [0, 0.05) is 20.3 Å². The Morgan fingerprint density at radius 3 is 2.55 bits per heavy atom. The topological polar surface area (TPSA) is 74.2 Å². The molecule has 0 aliphatic heterocycles. The molecule has 0 amide bonds. The van der Waals surface area contributed by atoms with Gasteiger partial charge in [-0.25, -0.2) is 4.79 Å². The Morgan fingerprint density at radius 1 is 1.10 bits per heavy atom. The molecule has 0 heterocycles. The van der Waals surface area contributed by atoms with Gasteiger partial charge in [0.2, 0.25) is 0 Å². The lowest BCUT2D eigenvalue weighted by Crippen LogP contribution is -2.09. The third-order valence-corrected chi connectivity index (χ3v) is 2.53. The van der Waals surface area contributed by atoms with Gasteiger partial charge in [0.1, 0.15) is 6.61 Å². The maximum atomic E-state index is 10.9. The highest BCUT2D eigenvalue weighted by atomic mass is 16.5. The van der Waals surface area contributed by atoms with Crippen molar-refractivity contribution in [3.05, 3.63) is 23.8 Å². The van der Waals surface area contributed by atoms with Crippen molar-refractivity contribution in [3.63, 3.8) is 0 Å². The van der Waals surface area contributed by atoms with Crippen LogP contribution in [-0.4, -0.2) is 51.7 Å². The monoisotopic (exact) mass is 284 g/mol. The van der Waals surface area contributed by atoms with Gasteiger partial charge in [-0.2, -0.15) is 0 Å². The lowest BCUT2D eigenvalue weighted by Gasteiger charge is -2.11. The van der Waals surface area contributed by atoms with Crippen molar-refractivity contribution in [2.75, 3.05) is 40.6 Å². The molecule has 0 radical (unpaired) electrons. The first-order chi connectivity index (χ1) is 9.69. The molecule has 1 aromatic carbocycles. The zero-order valence-corrected chi connectivity index (χ0v) is 11.8. The number of rotatable bonds is 10. The van der Waals surface area contributed by atoms with Crippen LogP contribution < -0.4 is 9.47 Å². The molecule has 0 aliphatic rings. The number of methoxy groups -OCH3 is 2. The van der Waals surface area contributed by atoms with Crippen LogP contribution in [0.3, 0.4) is 0 Å². The van der Waals surface area contributed by atoms with Gasteiger partial charge in [-0.15, -0.1) is 0 Å². The second-order valence-electron chi connectivity index (χ2n) is 3.98. The molecule has 0 unspecified atom stereocenters. The van der Waals surface area contributed by atoms with Gasteiger partial charge in [0.15, 0.2) is 11.5 Å². The van der Waals surface area contributed by atoms with Crippen LogP contribution in [0.5, 0.6) is 11.5 Å². The highest BCUT2D eigenvalue weighted by molar-refractivity contribution is 5.88. The fourth-order valence-electron chi connectivity index (χ4n) is 1.54. The molecule has 0 aliphatic carbocycles. The van der Waals surface area contributed by atoms with Crippen molar-refractivity contribution in [3.8, 4) is 11.5 Å². The Balaban J connectivity index is 2.41. The average molecular weight is 284 g/mol. The van der Waals surface area contributed by atoms with E-state index < -0.39 is 5.97 Å². The molecule has 112 valence electrons. The van der Waals surface area contributed by atoms with Crippen molar-refractivity contribution in [2.45, 2.75) is 6.42 Å². The lowest BCUT2D eigenvalue weighted by molar-refractivity contribution is 0.0695. The summed E-state index contributed by atoms with van der Waals surface area (Å²) in [5.74, 6) is -0.115. The van der Waals surface area contributed by atoms with Crippen LogP contribution in [0.4, 0.5) is 0 Å². The molecule has 0 saturated carbocycles. The molecule has 6 heteroatoms.